The number of pyridine rings is 2. The van der Waals surface area contributed by atoms with Gasteiger partial charge in [0.05, 0.1) is 23.4 Å². The second kappa shape index (κ2) is 24.1. The standard InChI is InChI=1S/C21H23BrN2OSSi.C21H13N3OS.C6H5NO.C2H6.Mn.2O/c1-27(2,3)9-8-25-14-24-21-16(13-23-24)10-17(22)12-18(21)20-11-15-6-4-5-7-19(15)26-20;25-21(17-6-3-4-8-22-17)14-9-15-12-23-24-20(15)16(10-14)19-11-13-5-1-2-7-18(13)26-19;8-5-6-3-1-2-4-7-6;1-2;;;/h4-7,10-13H,8-9,14H2,1-3H3;1-12H,(H,23,24);1-5H;1-2H3;;;. The number of aldehydes is 1. The molecule has 10 aromatic rings. The molecule has 4 aromatic carbocycles. The summed E-state index contributed by atoms with van der Waals surface area (Å²) in [6.07, 6.45) is 7.63. The Kier molecular flexibility index (Phi) is 18.1. The van der Waals surface area contributed by atoms with Gasteiger partial charge in [-0.15, -0.1) is 22.7 Å². The van der Waals surface area contributed by atoms with E-state index in [2.05, 4.69) is 121 Å². The number of carbonyl (C=O) groups is 2. The summed E-state index contributed by atoms with van der Waals surface area (Å²) in [7, 11) is -1.08. The van der Waals surface area contributed by atoms with E-state index in [9.17, 15) is 9.59 Å². The summed E-state index contributed by atoms with van der Waals surface area (Å²) in [6.45, 7) is 12.4. The summed E-state index contributed by atoms with van der Waals surface area (Å²) in [5.41, 5.74) is 5.80. The Morgan fingerprint density at radius 3 is 1.95 bits per heavy atom. The fourth-order valence-corrected chi connectivity index (χ4v) is 10.1. The second-order valence-corrected chi connectivity index (χ2v) is 24.4. The molecule has 0 radical (unpaired) electrons. The number of hydrogen-bond acceptors (Lipinski definition) is 11. The second-order valence-electron chi connectivity index (χ2n) is 15.5. The molecule has 0 spiro atoms. The van der Waals surface area contributed by atoms with Crippen LogP contribution in [0.2, 0.25) is 25.7 Å². The van der Waals surface area contributed by atoms with E-state index in [1.807, 2.05) is 66.4 Å². The topological polar surface area (TPSA) is 150 Å². The molecule has 337 valence electrons. The SMILES string of the molecule is CC.C[Si](C)(C)CCOCn1ncc2cc(Br)cc(-c3cc4ccccc4s3)c21.O=C(c1cc(-c2cc3ccccc3s2)c2[nH]ncc2c1)c1ccccn1.O=Cc1ccccn1.[O]=[Mn]=[O]. The van der Waals surface area contributed by atoms with E-state index in [0.29, 0.717) is 23.7 Å². The third-order valence-electron chi connectivity index (χ3n) is 9.81. The van der Waals surface area contributed by atoms with Gasteiger partial charge in [0.25, 0.3) is 0 Å². The number of ether oxygens (including phenoxy) is 1. The van der Waals surface area contributed by atoms with E-state index >= 15 is 0 Å². The van der Waals surface area contributed by atoms with Crippen LogP contribution in [0, 0.1) is 0 Å². The molecule has 6 heterocycles. The van der Waals surface area contributed by atoms with Crippen LogP contribution < -0.4 is 0 Å². The predicted molar refractivity (Wildman–Crippen MR) is 269 cm³/mol. The zero-order valence-electron chi connectivity index (χ0n) is 36.9. The first-order valence-electron chi connectivity index (χ1n) is 20.9. The Balaban J connectivity index is 0.000000173. The quantitative estimate of drug-likeness (QED) is 0.0611. The fourth-order valence-electron chi connectivity index (χ4n) is 6.71. The number of nitrogens with zero attached hydrogens (tertiary/aromatic N) is 5. The van der Waals surface area contributed by atoms with Crippen LogP contribution in [-0.2, 0) is 34.0 Å². The normalized spacial score (nSPS) is 10.8. The van der Waals surface area contributed by atoms with E-state index in [1.54, 1.807) is 60.3 Å². The molecule has 10 rings (SSSR count). The molecule has 11 nitrogen and oxygen atoms in total. The Hall–Kier alpha value is -5.84. The van der Waals surface area contributed by atoms with Crippen molar-refractivity contribution in [2.24, 2.45) is 0 Å². The van der Waals surface area contributed by atoms with Gasteiger partial charge in [-0.3, -0.25) is 24.7 Å². The van der Waals surface area contributed by atoms with E-state index < -0.39 is 22.9 Å². The molecule has 16 heteroatoms. The third kappa shape index (κ3) is 12.9. The van der Waals surface area contributed by atoms with Gasteiger partial charge in [0.15, 0.2) is 6.29 Å². The summed E-state index contributed by atoms with van der Waals surface area (Å²) in [5.74, 6) is -0.0870. The number of rotatable bonds is 10. The Morgan fingerprint density at radius 2 is 1.38 bits per heavy atom. The minimum atomic E-state index is -1.44. The van der Waals surface area contributed by atoms with Crippen molar-refractivity contribution in [3.63, 3.8) is 0 Å². The molecule has 0 atom stereocenters. The summed E-state index contributed by atoms with van der Waals surface area (Å²) >= 11 is 5.75. The maximum absolute atomic E-state index is 12.9. The Bertz CT molecular complexity index is 3150. The molecule has 6 aromatic heterocycles. The van der Waals surface area contributed by atoms with Gasteiger partial charge in [-0.25, -0.2) is 4.68 Å². The third-order valence-corrected chi connectivity index (χ3v) is 14.3. The summed E-state index contributed by atoms with van der Waals surface area (Å²) < 4.78 is 28.4. The first-order valence-corrected chi connectivity index (χ1v) is 28.0. The number of nitrogens with one attached hydrogen (secondary N) is 1. The van der Waals surface area contributed by atoms with Crippen molar-refractivity contribution in [3.8, 4) is 20.9 Å². The van der Waals surface area contributed by atoms with Crippen LogP contribution in [0.25, 0.3) is 62.9 Å². The average molecular weight is 1040 g/mol. The van der Waals surface area contributed by atoms with Crippen molar-refractivity contribution in [1.29, 1.82) is 0 Å². The van der Waals surface area contributed by atoms with Crippen LogP contribution in [0.4, 0.5) is 0 Å². The number of hydrogen-bond donors (Lipinski definition) is 1. The van der Waals surface area contributed by atoms with Crippen LogP contribution in [0.15, 0.2) is 151 Å². The molecule has 0 fully saturated rings. The number of aromatic amines is 1. The van der Waals surface area contributed by atoms with Gasteiger partial charge in [-0.2, -0.15) is 10.2 Å². The molecular formula is C50H47BrMnN6O5S2Si. The number of carbonyl (C=O) groups excluding carboxylic acids is 2. The van der Waals surface area contributed by atoms with Crippen LogP contribution in [0.5, 0.6) is 0 Å². The number of H-pyrrole nitrogens is 1. The molecule has 0 saturated carbocycles. The first kappa shape index (κ1) is 49.6. The van der Waals surface area contributed by atoms with Gasteiger partial charge >= 0.3 is 22.5 Å². The maximum atomic E-state index is 12.9. The van der Waals surface area contributed by atoms with Crippen molar-refractivity contribution in [3.05, 3.63) is 168 Å². The molecule has 0 aliphatic carbocycles. The molecule has 66 heavy (non-hydrogen) atoms. The number of fused-ring (bicyclic) bond motifs is 4. The van der Waals surface area contributed by atoms with Crippen molar-refractivity contribution in [2.45, 2.75) is 46.3 Å². The zero-order chi connectivity index (χ0) is 47.1. The van der Waals surface area contributed by atoms with E-state index in [0.717, 1.165) is 49.6 Å². The van der Waals surface area contributed by atoms with Crippen molar-refractivity contribution in [2.75, 3.05) is 6.61 Å². The Morgan fingerprint density at radius 1 is 0.758 bits per heavy atom. The number of halogens is 1. The molecule has 0 saturated heterocycles. The zero-order valence-corrected chi connectivity index (χ0v) is 42.3. The molecular weight excluding hydrogens is 992 g/mol. The van der Waals surface area contributed by atoms with Crippen LogP contribution >= 0.6 is 38.6 Å². The number of thiophene rings is 2. The van der Waals surface area contributed by atoms with Gasteiger partial charge < -0.3 is 4.74 Å². The van der Waals surface area contributed by atoms with Gasteiger partial charge in [0.2, 0.25) is 5.78 Å². The van der Waals surface area contributed by atoms with Crippen LogP contribution in [0.3, 0.4) is 0 Å². The monoisotopic (exact) mass is 1040 g/mol. The van der Waals surface area contributed by atoms with Gasteiger partial charge in [0, 0.05) is 78.2 Å². The molecule has 0 bridgehead atoms. The fraction of sp³-hybridized carbons (Fsp3) is 0.160. The van der Waals surface area contributed by atoms with Crippen LogP contribution in [-0.4, -0.2) is 56.7 Å². The summed E-state index contributed by atoms with van der Waals surface area (Å²) in [5, 5.41) is 16.4. The van der Waals surface area contributed by atoms with Gasteiger partial charge in [0.1, 0.15) is 18.1 Å². The number of ketones is 1. The van der Waals surface area contributed by atoms with E-state index in [4.69, 9.17) is 12.4 Å². The van der Waals surface area contributed by atoms with E-state index in [-0.39, 0.29) is 5.78 Å². The molecule has 0 aliphatic heterocycles. The molecule has 0 unspecified atom stereocenters. The van der Waals surface area contributed by atoms with Crippen molar-refractivity contribution in [1.82, 2.24) is 29.9 Å². The predicted octanol–water partition coefficient (Wildman–Crippen LogP) is 13.7. The molecule has 1 N–H and O–H groups in total. The molecule has 0 aliphatic rings. The molecule has 0 amide bonds. The van der Waals surface area contributed by atoms with Gasteiger partial charge in [-0.05, 0) is 89.6 Å². The van der Waals surface area contributed by atoms with E-state index in [1.165, 1.54) is 36.7 Å². The summed E-state index contributed by atoms with van der Waals surface area (Å²) in [4.78, 5) is 33.1. The Labute approximate surface area is 406 Å². The first-order chi connectivity index (χ1) is 32.0. The number of aromatic nitrogens is 6. The average Bonchev–Trinajstić information content (AvgIpc) is 4.17. The van der Waals surface area contributed by atoms with Crippen LogP contribution in [0.1, 0.15) is 40.4 Å². The number of benzene rings is 4. The van der Waals surface area contributed by atoms with Gasteiger partial charge in [-0.1, -0.05) is 97.9 Å². The van der Waals surface area contributed by atoms with Crippen molar-refractivity contribution < 1.29 is 36.8 Å². The van der Waals surface area contributed by atoms with Crippen molar-refractivity contribution >= 4 is 101 Å². The summed E-state index contributed by atoms with van der Waals surface area (Å²) in [6, 6.07) is 41.1. The minimum absolute atomic E-state index is 0.0870.